The lowest BCUT2D eigenvalue weighted by Crippen LogP contribution is -2.27. The average Bonchev–Trinajstić information content (AvgIpc) is 2.77. The molecule has 0 saturated carbocycles. The lowest BCUT2D eigenvalue weighted by Gasteiger charge is -2.24. The summed E-state index contributed by atoms with van der Waals surface area (Å²) in [6, 6.07) is 14.9. The van der Waals surface area contributed by atoms with Gasteiger partial charge < -0.3 is 19.7 Å². The molecule has 180 valence electrons. The first-order valence-electron chi connectivity index (χ1n) is 12.1. The summed E-state index contributed by atoms with van der Waals surface area (Å²) >= 11 is 0. The molecule has 2 aromatic carbocycles. The van der Waals surface area contributed by atoms with E-state index in [9.17, 15) is 4.79 Å². The van der Waals surface area contributed by atoms with Crippen molar-refractivity contribution in [2.45, 2.75) is 71.3 Å². The van der Waals surface area contributed by atoms with E-state index in [2.05, 4.69) is 76.1 Å². The fourth-order valence-corrected chi connectivity index (χ4v) is 4.04. The summed E-state index contributed by atoms with van der Waals surface area (Å²) in [6.45, 7) is 13.2. The van der Waals surface area contributed by atoms with Gasteiger partial charge in [0.25, 0.3) is 0 Å². The van der Waals surface area contributed by atoms with E-state index < -0.39 is 0 Å². The minimum atomic E-state index is 0.0220. The Morgan fingerprint density at radius 3 is 2.33 bits per heavy atom. The molecule has 1 aliphatic heterocycles. The number of fused-ring (bicyclic) bond motifs is 1. The molecule has 0 bridgehead atoms. The Hall–Kier alpha value is -2.53. The van der Waals surface area contributed by atoms with Crippen molar-refractivity contribution in [3.8, 4) is 11.5 Å². The van der Waals surface area contributed by atoms with Crippen molar-refractivity contribution in [1.82, 2.24) is 4.90 Å². The monoisotopic (exact) mass is 452 g/mol. The van der Waals surface area contributed by atoms with Crippen LogP contribution in [0.3, 0.4) is 0 Å². The second kappa shape index (κ2) is 11.1. The second-order valence-corrected chi connectivity index (χ2v) is 10.4. The third-order valence-electron chi connectivity index (χ3n) is 6.45. The van der Waals surface area contributed by atoms with Gasteiger partial charge in [0.1, 0.15) is 13.2 Å². The number of hydrogen-bond donors (Lipinski definition) is 1. The Morgan fingerprint density at radius 2 is 1.70 bits per heavy atom. The number of carbonyl (C=O) groups is 1. The average molecular weight is 453 g/mol. The van der Waals surface area contributed by atoms with Crippen molar-refractivity contribution in [2.24, 2.45) is 0 Å². The van der Waals surface area contributed by atoms with Crippen LogP contribution in [0.1, 0.15) is 70.9 Å². The number of benzene rings is 2. The maximum atomic E-state index is 13.0. The molecule has 0 aromatic heterocycles. The summed E-state index contributed by atoms with van der Waals surface area (Å²) in [4.78, 5) is 15.4. The van der Waals surface area contributed by atoms with Crippen LogP contribution < -0.4 is 14.8 Å². The van der Waals surface area contributed by atoms with Crippen LogP contribution in [-0.4, -0.2) is 43.7 Å². The molecule has 1 atom stereocenters. The molecule has 0 fully saturated rings. The molecule has 1 N–H and O–H groups in total. The van der Waals surface area contributed by atoms with Gasteiger partial charge in [0.15, 0.2) is 11.5 Å². The van der Waals surface area contributed by atoms with Crippen LogP contribution in [0.15, 0.2) is 42.5 Å². The summed E-state index contributed by atoms with van der Waals surface area (Å²) in [5.41, 5.74) is 3.40. The molecule has 5 nitrogen and oxygen atoms in total. The molecule has 33 heavy (non-hydrogen) atoms. The summed E-state index contributed by atoms with van der Waals surface area (Å²) < 4.78 is 11.2. The van der Waals surface area contributed by atoms with E-state index >= 15 is 0 Å². The highest BCUT2D eigenvalue weighted by atomic mass is 16.6. The van der Waals surface area contributed by atoms with E-state index in [0.717, 1.165) is 30.8 Å². The first-order valence-corrected chi connectivity index (χ1v) is 12.1. The molecule has 0 aliphatic carbocycles. The number of rotatable bonds is 9. The van der Waals surface area contributed by atoms with Gasteiger partial charge in [-0.2, -0.15) is 0 Å². The second-order valence-electron chi connectivity index (χ2n) is 10.4. The minimum absolute atomic E-state index is 0.0220. The van der Waals surface area contributed by atoms with E-state index in [4.69, 9.17) is 9.47 Å². The topological polar surface area (TPSA) is 50.8 Å². The molecular weight excluding hydrogens is 412 g/mol. The number of nitrogens with one attached hydrogen (secondary N) is 1. The number of nitrogens with zero attached hydrogens (tertiary/aromatic N) is 1. The zero-order valence-electron chi connectivity index (χ0n) is 21.1. The molecule has 1 unspecified atom stereocenters. The molecule has 0 spiro atoms. The molecule has 1 amide bonds. The highest BCUT2D eigenvalue weighted by Gasteiger charge is 2.20. The van der Waals surface area contributed by atoms with Crippen molar-refractivity contribution in [2.75, 3.05) is 32.1 Å². The summed E-state index contributed by atoms with van der Waals surface area (Å²) in [5, 5.41) is 3.06. The highest BCUT2D eigenvalue weighted by Crippen LogP contribution is 2.33. The smallest absolute Gasteiger partial charge is 0.224 e. The predicted molar refractivity (Wildman–Crippen MR) is 136 cm³/mol. The van der Waals surface area contributed by atoms with Crippen molar-refractivity contribution < 1.29 is 14.3 Å². The van der Waals surface area contributed by atoms with Crippen LogP contribution in [0.25, 0.3) is 0 Å². The third kappa shape index (κ3) is 7.23. The quantitative estimate of drug-likeness (QED) is 0.508. The number of anilines is 1. The van der Waals surface area contributed by atoms with Crippen molar-refractivity contribution >= 4 is 11.6 Å². The third-order valence-corrected chi connectivity index (χ3v) is 6.45. The zero-order valence-corrected chi connectivity index (χ0v) is 21.1. The highest BCUT2D eigenvalue weighted by molar-refractivity contribution is 5.91. The van der Waals surface area contributed by atoms with Crippen molar-refractivity contribution in [1.29, 1.82) is 0 Å². The van der Waals surface area contributed by atoms with Gasteiger partial charge >= 0.3 is 0 Å². The van der Waals surface area contributed by atoms with Crippen LogP contribution in [-0.2, 0) is 10.2 Å². The molecule has 5 heteroatoms. The van der Waals surface area contributed by atoms with Crippen molar-refractivity contribution in [3.05, 3.63) is 53.6 Å². The molecule has 2 aromatic rings. The number of carbonyl (C=O) groups excluding carboxylic acids is 1. The lowest BCUT2D eigenvalue weighted by atomic mass is 9.84. The normalized spacial score (nSPS) is 14.4. The van der Waals surface area contributed by atoms with Crippen LogP contribution in [0.4, 0.5) is 5.69 Å². The van der Waals surface area contributed by atoms with E-state index in [1.54, 1.807) is 0 Å². The molecular formula is C28H40N2O3. The Balaban J connectivity index is 1.69. The molecule has 3 rings (SSSR count). The molecule has 0 saturated heterocycles. The van der Waals surface area contributed by atoms with Crippen LogP contribution in [0, 0.1) is 0 Å². The van der Waals surface area contributed by atoms with Crippen LogP contribution in [0.5, 0.6) is 11.5 Å². The maximum Gasteiger partial charge on any atom is 0.224 e. The standard InChI is InChI=1S/C28H40N2O3/c1-20(2)30(6)15-7-8-22(21-9-11-23(12-10-21)28(3,4)5)18-27(31)29-24-13-14-25-26(19-24)33-17-16-32-25/h9-14,19-20,22H,7-8,15-18H2,1-6H3,(H,29,31). The Bertz CT molecular complexity index is 916. The van der Waals surface area contributed by atoms with Crippen LogP contribution in [0.2, 0.25) is 0 Å². The fourth-order valence-electron chi connectivity index (χ4n) is 4.04. The fraction of sp³-hybridized carbons (Fsp3) is 0.536. The number of amides is 1. The van der Waals surface area contributed by atoms with Gasteiger partial charge in [-0.15, -0.1) is 0 Å². The van der Waals surface area contributed by atoms with Gasteiger partial charge in [0.05, 0.1) is 0 Å². The van der Waals surface area contributed by atoms with E-state index in [0.29, 0.717) is 31.4 Å². The van der Waals surface area contributed by atoms with E-state index in [1.807, 2.05) is 18.2 Å². The summed E-state index contributed by atoms with van der Waals surface area (Å²) in [7, 11) is 2.16. The largest absolute Gasteiger partial charge is 0.486 e. The zero-order chi connectivity index (χ0) is 24.0. The molecule has 1 heterocycles. The number of ether oxygens (including phenoxy) is 2. The van der Waals surface area contributed by atoms with E-state index in [1.165, 1.54) is 11.1 Å². The number of hydrogen-bond acceptors (Lipinski definition) is 4. The van der Waals surface area contributed by atoms with Gasteiger partial charge in [0, 0.05) is 24.2 Å². The predicted octanol–water partition coefficient (Wildman–Crippen LogP) is 5.99. The van der Waals surface area contributed by atoms with Gasteiger partial charge in [-0.05, 0) is 74.9 Å². The van der Waals surface area contributed by atoms with Gasteiger partial charge in [-0.25, -0.2) is 0 Å². The van der Waals surface area contributed by atoms with Gasteiger partial charge in [-0.1, -0.05) is 45.0 Å². The van der Waals surface area contributed by atoms with Crippen LogP contribution >= 0.6 is 0 Å². The molecule has 0 radical (unpaired) electrons. The SMILES string of the molecule is CC(C)N(C)CCCC(CC(=O)Nc1ccc2c(c1)OCCO2)c1ccc(C(C)(C)C)cc1. The summed E-state index contributed by atoms with van der Waals surface area (Å²) in [5.74, 6) is 1.61. The first kappa shape index (κ1) is 25.1. The van der Waals surface area contributed by atoms with E-state index in [-0.39, 0.29) is 17.2 Å². The van der Waals surface area contributed by atoms with Gasteiger partial charge in [-0.3, -0.25) is 4.79 Å². The molecule has 1 aliphatic rings. The Kier molecular flexibility index (Phi) is 8.41. The van der Waals surface area contributed by atoms with Gasteiger partial charge in [0.2, 0.25) is 5.91 Å². The minimum Gasteiger partial charge on any atom is -0.486 e. The Labute approximate surface area is 199 Å². The first-order chi connectivity index (χ1) is 15.6. The Morgan fingerprint density at radius 1 is 1.03 bits per heavy atom. The van der Waals surface area contributed by atoms with Crippen molar-refractivity contribution in [3.63, 3.8) is 0 Å². The summed E-state index contributed by atoms with van der Waals surface area (Å²) in [6.07, 6.45) is 2.48. The maximum absolute atomic E-state index is 13.0. The lowest BCUT2D eigenvalue weighted by molar-refractivity contribution is -0.116.